The fraction of sp³-hybridized carbons (Fsp3) is 0.227. The predicted octanol–water partition coefficient (Wildman–Crippen LogP) is 5.08. The van der Waals surface area contributed by atoms with E-state index in [-0.39, 0.29) is 11.7 Å². The number of amides is 1. The topological polar surface area (TPSA) is 73.0 Å². The van der Waals surface area contributed by atoms with Crippen molar-refractivity contribution in [3.05, 3.63) is 60.2 Å². The highest BCUT2D eigenvalue weighted by Crippen LogP contribution is 2.29. The smallest absolute Gasteiger partial charge is 0.234 e. The lowest BCUT2D eigenvalue weighted by Gasteiger charge is -2.13. The standard InChI is InChI=1S/C22H22N4O2S/c1-14(2)16-9-5-6-10-17(16)23-20(27)13-29-22-25-24-21(26(22)3)19-12-15-8-4-7-11-18(15)28-19/h4-12,14H,13H2,1-3H3,(H,23,27). The van der Waals surface area contributed by atoms with Gasteiger partial charge in [0.05, 0.1) is 5.75 Å². The number of carbonyl (C=O) groups is 1. The number of thioether (sulfide) groups is 1. The number of nitrogens with one attached hydrogen (secondary N) is 1. The van der Waals surface area contributed by atoms with Crippen molar-refractivity contribution in [3.63, 3.8) is 0 Å². The Morgan fingerprint density at radius 3 is 2.69 bits per heavy atom. The molecule has 0 unspecified atom stereocenters. The van der Waals surface area contributed by atoms with E-state index in [1.165, 1.54) is 11.8 Å². The van der Waals surface area contributed by atoms with E-state index in [9.17, 15) is 4.79 Å². The molecule has 0 spiro atoms. The first-order valence-electron chi connectivity index (χ1n) is 9.43. The summed E-state index contributed by atoms with van der Waals surface area (Å²) < 4.78 is 7.72. The van der Waals surface area contributed by atoms with E-state index in [1.807, 2.05) is 66.2 Å². The summed E-state index contributed by atoms with van der Waals surface area (Å²) in [5.41, 5.74) is 2.79. The molecule has 7 heteroatoms. The summed E-state index contributed by atoms with van der Waals surface area (Å²) in [6, 6.07) is 17.6. The van der Waals surface area contributed by atoms with Crippen LogP contribution in [0.3, 0.4) is 0 Å². The van der Waals surface area contributed by atoms with Gasteiger partial charge >= 0.3 is 0 Å². The van der Waals surface area contributed by atoms with Gasteiger partial charge in [-0.25, -0.2) is 0 Å². The zero-order valence-corrected chi connectivity index (χ0v) is 17.4. The average molecular weight is 407 g/mol. The molecule has 4 rings (SSSR count). The molecule has 2 heterocycles. The molecule has 1 amide bonds. The van der Waals surface area contributed by atoms with Gasteiger partial charge in [-0.05, 0) is 29.7 Å². The van der Waals surface area contributed by atoms with E-state index in [2.05, 4.69) is 29.4 Å². The van der Waals surface area contributed by atoms with Gasteiger partial charge in [-0.3, -0.25) is 4.79 Å². The van der Waals surface area contributed by atoms with Crippen molar-refractivity contribution in [1.82, 2.24) is 14.8 Å². The Morgan fingerprint density at radius 1 is 1.14 bits per heavy atom. The van der Waals surface area contributed by atoms with Crippen LogP contribution in [0.5, 0.6) is 0 Å². The highest BCUT2D eigenvalue weighted by Gasteiger charge is 2.17. The van der Waals surface area contributed by atoms with E-state index in [1.54, 1.807) is 0 Å². The normalized spacial score (nSPS) is 11.3. The van der Waals surface area contributed by atoms with Gasteiger partial charge in [0.1, 0.15) is 5.58 Å². The van der Waals surface area contributed by atoms with Gasteiger partial charge in [0, 0.05) is 18.1 Å². The maximum absolute atomic E-state index is 12.5. The van der Waals surface area contributed by atoms with Gasteiger partial charge in [-0.15, -0.1) is 10.2 Å². The molecule has 0 bridgehead atoms. The zero-order chi connectivity index (χ0) is 20.4. The van der Waals surface area contributed by atoms with E-state index in [0.717, 1.165) is 22.2 Å². The Labute approximate surface area is 173 Å². The third-order valence-electron chi connectivity index (χ3n) is 4.67. The van der Waals surface area contributed by atoms with Crippen LogP contribution in [-0.2, 0) is 11.8 Å². The number of anilines is 1. The second kappa shape index (κ2) is 8.13. The number of hydrogen-bond donors (Lipinski definition) is 1. The average Bonchev–Trinajstić information content (AvgIpc) is 3.29. The molecule has 4 aromatic rings. The molecule has 1 N–H and O–H groups in total. The van der Waals surface area contributed by atoms with Gasteiger partial charge in [0.2, 0.25) is 5.91 Å². The summed E-state index contributed by atoms with van der Waals surface area (Å²) in [6.45, 7) is 4.22. The lowest BCUT2D eigenvalue weighted by molar-refractivity contribution is -0.113. The Bertz CT molecular complexity index is 1130. The highest BCUT2D eigenvalue weighted by molar-refractivity contribution is 7.99. The van der Waals surface area contributed by atoms with Gasteiger partial charge in [0.15, 0.2) is 16.7 Å². The molecule has 148 valence electrons. The van der Waals surface area contributed by atoms with Crippen molar-refractivity contribution < 1.29 is 9.21 Å². The SMILES string of the molecule is CC(C)c1ccccc1NC(=O)CSc1nnc(-c2cc3ccccc3o2)n1C. The lowest BCUT2D eigenvalue weighted by Crippen LogP contribution is -2.16. The third kappa shape index (κ3) is 4.05. The molecule has 29 heavy (non-hydrogen) atoms. The maximum atomic E-state index is 12.5. The zero-order valence-electron chi connectivity index (χ0n) is 16.5. The van der Waals surface area contributed by atoms with Crippen LogP contribution >= 0.6 is 11.8 Å². The molecule has 0 saturated carbocycles. The first-order valence-corrected chi connectivity index (χ1v) is 10.4. The third-order valence-corrected chi connectivity index (χ3v) is 5.69. The van der Waals surface area contributed by atoms with Crippen molar-refractivity contribution >= 4 is 34.3 Å². The molecule has 6 nitrogen and oxygen atoms in total. The Balaban J connectivity index is 1.45. The number of para-hydroxylation sites is 2. The molecule has 0 saturated heterocycles. The van der Waals surface area contributed by atoms with Crippen LogP contribution in [0.1, 0.15) is 25.3 Å². The predicted molar refractivity (Wildman–Crippen MR) is 116 cm³/mol. The summed E-state index contributed by atoms with van der Waals surface area (Å²) in [4.78, 5) is 12.5. The van der Waals surface area contributed by atoms with Crippen molar-refractivity contribution in [3.8, 4) is 11.6 Å². The number of fused-ring (bicyclic) bond motifs is 1. The van der Waals surface area contributed by atoms with E-state index >= 15 is 0 Å². The Kier molecular flexibility index (Phi) is 5.40. The monoisotopic (exact) mass is 406 g/mol. The van der Waals surface area contributed by atoms with E-state index in [0.29, 0.717) is 22.7 Å². The number of hydrogen-bond acceptors (Lipinski definition) is 5. The number of nitrogens with zero attached hydrogens (tertiary/aromatic N) is 3. The fourth-order valence-electron chi connectivity index (χ4n) is 3.18. The number of aromatic nitrogens is 3. The Hall–Kier alpha value is -3.06. The van der Waals surface area contributed by atoms with Crippen molar-refractivity contribution in [2.45, 2.75) is 24.9 Å². The second-order valence-corrected chi connectivity index (χ2v) is 8.03. The molecule has 2 aromatic heterocycles. The minimum Gasteiger partial charge on any atom is -0.453 e. The highest BCUT2D eigenvalue weighted by atomic mass is 32.2. The molecule has 0 aliphatic heterocycles. The second-order valence-electron chi connectivity index (χ2n) is 7.09. The van der Waals surface area contributed by atoms with E-state index in [4.69, 9.17) is 4.42 Å². The molecule has 0 aliphatic carbocycles. The van der Waals surface area contributed by atoms with Crippen molar-refractivity contribution in [2.24, 2.45) is 7.05 Å². The first kappa shape index (κ1) is 19.3. The van der Waals surface area contributed by atoms with Gasteiger partial charge in [0.25, 0.3) is 0 Å². The summed E-state index contributed by atoms with van der Waals surface area (Å²) >= 11 is 1.35. The van der Waals surface area contributed by atoms with Crippen LogP contribution < -0.4 is 5.32 Å². The fourth-order valence-corrected chi connectivity index (χ4v) is 3.89. The lowest BCUT2D eigenvalue weighted by atomic mass is 10.0. The van der Waals surface area contributed by atoms with Crippen molar-refractivity contribution in [1.29, 1.82) is 0 Å². The number of benzene rings is 2. The van der Waals surface area contributed by atoms with Gasteiger partial charge in [-0.1, -0.05) is 62.0 Å². The summed E-state index contributed by atoms with van der Waals surface area (Å²) in [5, 5.41) is 13.1. The molecule has 0 atom stereocenters. The minimum absolute atomic E-state index is 0.0728. The molecule has 0 fully saturated rings. The van der Waals surface area contributed by atoms with Crippen LogP contribution in [0.25, 0.3) is 22.6 Å². The summed E-state index contributed by atoms with van der Waals surface area (Å²) in [5.74, 6) is 1.80. The molecule has 2 aromatic carbocycles. The van der Waals surface area contributed by atoms with Crippen molar-refractivity contribution in [2.75, 3.05) is 11.1 Å². The quantitative estimate of drug-likeness (QED) is 0.452. The van der Waals surface area contributed by atoms with Gasteiger partial charge in [-0.2, -0.15) is 0 Å². The molecule has 0 aliphatic rings. The first-order chi connectivity index (χ1) is 14.0. The molecular formula is C22H22N4O2S. The van der Waals surface area contributed by atoms with E-state index < -0.39 is 0 Å². The van der Waals surface area contributed by atoms with Crippen LogP contribution in [0.2, 0.25) is 0 Å². The number of carbonyl (C=O) groups excluding carboxylic acids is 1. The Morgan fingerprint density at radius 2 is 1.90 bits per heavy atom. The van der Waals surface area contributed by atoms with Crippen LogP contribution in [-0.4, -0.2) is 26.4 Å². The molecular weight excluding hydrogens is 384 g/mol. The number of rotatable bonds is 6. The summed E-state index contributed by atoms with van der Waals surface area (Å²) in [6.07, 6.45) is 0. The number of furan rings is 1. The largest absolute Gasteiger partial charge is 0.453 e. The van der Waals surface area contributed by atoms with Crippen LogP contribution in [0.4, 0.5) is 5.69 Å². The van der Waals surface area contributed by atoms with Crippen LogP contribution in [0, 0.1) is 0 Å². The summed E-state index contributed by atoms with van der Waals surface area (Å²) in [7, 11) is 1.87. The minimum atomic E-state index is -0.0728. The molecule has 0 radical (unpaired) electrons. The van der Waals surface area contributed by atoms with Gasteiger partial charge < -0.3 is 14.3 Å². The maximum Gasteiger partial charge on any atom is 0.234 e. The van der Waals surface area contributed by atoms with Crippen LogP contribution in [0.15, 0.2) is 64.2 Å².